The summed E-state index contributed by atoms with van der Waals surface area (Å²) in [7, 11) is 0. The summed E-state index contributed by atoms with van der Waals surface area (Å²) in [4.78, 5) is 19.9. The minimum absolute atomic E-state index is 0.153. The summed E-state index contributed by atoms with van der Waals surface area (Å²) in [5, 5.41) is 9.47. The van der Waals surface area contributed by atoms with Crippen molar-refractivity contribution in [2.45, 2.75) is 57.9 Å². The fourth-order valence-corrected chi connectivity index (χ4v) is 6.77. The standard InChI is InChI=1S/C30H35N7O/c1-20-15-25-22(18-32-35-25)27(21(20)2)26-16-24-23(17-31-26)28(36-11-5-3-4-6-12-36)34-29(33-24)38-19-30-9-7-13-37(30)14-8-10-30/h3-4,15-18H,5-14,19H2,1-2H3,(H,32,35). The van der Waals surface area contributed by atoms with Gasteiger partial charge in [0, 0.05) is 30.2 Å². The number of H-pyrrole nitrogens is 1. The maximum Gasteiger partial charge on any atom is 0.319 e. The summed E-state index contributed by atoms with van der Waals surface area (Å²) in [6.07, 6.45) is 15.3. The summed E-state index contributed by atoms with van der Waals surface area (Å²) in [5.41, 5.74) is 6.46. The quantitative estimate of drug-likeness (QED) is 0.363. The number of aryl methyl sites for hydroxylation is 1. The molecule has 0 spiro atoms. The fourth-order valence-electron chi connectivity index (χ4n) is 6.77. The van der Waals surface area contributed by atoms with E-state index in [1.165, 1.54) is 49.9 Å². The third-order valence-corrected chi connectivity index (χ3v) is 8.94. The van der Waals surface area contributed by atoms with Gasteiger partial charge in [-0.1, -0.05) is 12.2 Å². The Labute approximate surface area is 223 Å². The van der Waals surface area contributed by atoms with Gasteiger partial charge in [0.1, 0.15) is 12.4 Å². The van der Waals surface area contributed by atoms with Crippen LogP contribution < -0.4 is 9.64 Å². The maximum atomic E-state index is 6.47. The fraction of sp³-hybridized carbons (Fsp3) is 0.467. The lowest BCUT2D eigenvalue weighted by atomic mass is 9.95. The number of hydrogen-bond donors (Lipinski definition) is 1. The minimum Gasteiger partial charge on any atom is -0.461 e. The van der Waals surface area contributed by atoms with E-state index < -0.39 is 0 Å². The van der Waals surface area contributed by atoms with Gasteiger partial charge in [-0.25, -0.2) is 0 Å². The second-order valence-electron chi connectivity index (χ2n) is 11.2. The highest BCUT2D eigenvalue weighted by Crippen LogP contribution is 2.40. The van der Waals surface area contributed by atoms with E-state index in [1.54, 1.807) is 0 Å². The molecule has 4 aromatic rings. The van der Waals surface area contributed by atoms with E-state index in [-0.39, 0.29) is 5.54 Å². The van der Waals surface area contributed by atoms with Crippen LogP contribution in [-0.2, 0) is 0 Å². The van der Waals surface area contributed by atoms with Gasteiger partial charge in [0.05, 0.1) is 33.8 Å². The molecule has 0 amide bonds. The lowest BCUT2D eigenvalue weighted by Crippen LogP contribution is -2.43. The van der Waals surface area contributed by atoms with Gasteiger partial charge in [-0.15, -0.1) is 0 Å². The molecule has 8 heteroatoms. The van der Waals surface area contributed by atoms with Crippen molar-refractivity contribution in [3.8, 4) is 17.3 Å². The number of nitrogens with one attached hydrogen (secondary N) is 1. The molecular weight excluding hydrogens is 474 g/mol. The largest absolute Gasteiger partial charge is 0.461 e. The molecule has 0 aliphatic carbocycles. The van der Waals surface area contributed by atoms with Gasteiger partial charge < -0.3 is 9.64 Å². The van der Waals surface area contributed by atoms with E-state index in [9.17, 15) is 0 Å². The van der Waals surface area contributed by atoms with Gasteiger partial charge in [-0.2, -0.15) is 15.1 Å². The Balaban J connectivity index is 1.33. The van der Waals surface area contributed by atoms with Crippen molar-refractivity contribution in [3.63, 3.8) is 0 Å². The van der Waals surface area contributed by atoms with Gasteiger partial charge in [0.25, 0.3) is 0 Å². The van der Waals surface area contributed by atoms with E-state index >= 15 is 0 Å². The first kappa shape index (κ1) is 23.6. The molecule has 3 aliphatic rings. The lowest BCUT2D eigenvalue weighted by Gasteiger charge is -2.31. The van der Waals surface area contributed by atoms with E-state index in [0.29, 0.717) is 12.6 Å². The zero-order valence-electron chi connectivity index (χ0n) is 22.3. The number of aromatic amines is 1. The Morgan fingerprint density at radius 1 is 0.947 bits per heavy atom. The number of rotatable bonds is 5. The summed E-state index contributed by atoms with van der Waals surface area (Å²) in [6.45, 7) is 9.16. The van der Waals surface area contributed by atoms with Gasteiger partial charge in [-0.3, -0.25) is 15.0 Å². The number of ether oxygens (including phenoxy) is 1. The van der Waals surface area contributed by atoms with Crippen LogP contribution in [0.2, 0.25) is 0 Å². The highest BCUT2D eigenvalue weighted by atomic mass is 16.5. The molecule has 6 heterocycles. The number of hydrogen-bond acceptors (Lipinski definition) is 7. The second-order valence-corrected chi connectivity index (χ2v) is 11.2. The van der Waals surface area contributed by atoms with Crippen molar-refractivity contribution in [1.29, 1.82) is 0 Å². The molecule has 196 valence electrons. The monoisotopic (exact) mass is 509 g/mol. The number of fused-ring (bicyclic) bond motifs is 3. The van der Waals surface area contributed by atoms with Crippen LogP contribution in [0.3, 0.4) is 0 Å². The summed E-state index contributed by atoms with van der Waals surface area (Å²) < 4.78 is 6.47. The van der Waals surface area contributed by atoms with E-state index in [2.05, 4.69) is 58.1 Å². The zero-order chi connectivity index (χ0) is 25.7. The highest BCUT2D eigenvalue weighted by Gasteiger charge is 2.45. The molecular formula is C30H35N7O. The van der Waals surface area contributed by atoms with Crippen molar-refractivity contribution < 1.29 is 4.74 Å². The van der Waals surface area contributed by atoms with E-state index in [0.717, 1.165) is 64.8 Å². The topological polar surface area (TPSA) is 83.1 Å². The van der Waals surface area contributed by atoms with E-state index in [4.69, 9.17) is 19.7 Å². The molecule has 1 aromatic carbocycles. The van der Waals surface area contributed by atoms with Crippen LogP contribution >= 0.6 is 0 Å². The molecule has 3 aliphatic heterocycles. The SMILES string of the molecule is Cc1cc2[nH]ncc2c(-c2cc3nc(OCC45CCCN4CCC5)nc(N4CCC=CCC4)c3cn2)c1C. The Kier molecular flexibility index (Phi) is 5.80. The van der Waals surface area contributed by atoms with Gasteiger partial charge in [-0.05, 0) is 88.7 Å². The third-order valence-electron chi connectivity index (χ3n) is 8.94. The molecule has 3 aromatic heterocycles. The van der Waals surface area contributed by atoms with Crippen LogP contribution in [-0.4, -0.2) is 68.4 Å². The van der Waals surface area contributed by atoms with Crippen molar-refractivity contribution in [2.75, 3.05) is 37.7 Å². The minimum atomic E-state index is 0.153. The molecule has 0 atom stereocenters. The Morgan fingerprint density at radius 2 is 1.74 bits per heavy atom. The van der Waals surface area contributed by atoms with Crippen LogP contribution in [0.5, 0.6) is 6.01 Å². The van der Waals surface area contributed by atoms with Crippen LogP contribution in [0, 0.1) is 13.8 Å². The Morgan fingerprint density at radius 3 is 2.53 bits per heavy atom. The molecule has 0 saturated carbocycles. The molecule has 38 heavy (non-hydrogen) atoms. The second kappa shape index (κ2) is 9.34. The number of anilines is 1. The van der Waals surface area contributed by atoms with Crippen LogP contribution in [0.4, 0.5) is 5.82 Å². The first-order valence-corrected chi connectivity index (χ1v) is 14.0. The predicted molar refractivity (Wildman–Crippen MR) is 151 cm³/mol. The van der Waals surface area contributed by atoms with E-state index in [1.807, 2.05) is 12.4 Å². The van der Waals surface area contributed by atoms with Gasteiger partial charge >= 0.3 is 6.01 Å². The predicted octanol–water partition coefficient (Wildman–Crippen LogP) is 5.35. The third kappa shape index (κ3) is 3.93. The highest BCUT2D eigenvalue weighted by molar-refractivity contribution is 5.99. The number of nitrogens with zero attached hydrogens (tertiary/aromatic N) is 6. The average molecular weight is 510 g/mol. The number of benzene rings is 1. The molecule has 7 rings (SSSR count). The molecule has 2 saturated heterocycles. The first-order chi connectivity index (χ1) is 18.6. The van der Waals surface area contributed by atoms with Crippen molar-refractivity contribution in [2.24, 2.45) is 0 Å². The summed E-state index contributed by atoms with van der Waals surface area (Å²) in [5.74, 6) is 0.925. The molecule has 8 nitrogen and oxygen atoms in total. The van der Waals surface area contributed by atoms with Crippen molar-refractivity contribution >= 4 is 27.6 Å². The molecule has 0 bridgehead atoms. The Hall–Kier alpha value is -3.52. The number of aromatic nitrogens is 5. The maximum absolute atomic E-state index is 6.47. The van der Waals surface area contributed by atoms with Gasteiger partial charge in [0.15, 0.2) is 0 Å². The first-order valence-electron chi connectivity index (χ1n) is 14.0. The van der Waals surface area contributed by atoms with Crippen LogP contribution in [0.1, 0.15) is 49.7 Å². The van der Waals surface area contributed by atoms with Crippen LogP contribution in [0.15, 0.2) is 36.7 Å². The summed E-state index contributed by atoms with van der Waals surface area (Å²) >= 11 is 0. The molecule has 1 N–H and O–H groups in total. The Bertz CT molecular complexity index is 1520. The average Bonchev–Trinajstić information content (AvgIpc) is 3.58. The molecule has 0 radical (unpaired) electrons. The normalized spacial score (nSPS) is 19.4. The molecule has 2 fully saturated rings. The van der Waals surface area contributed by atoms with Crippen molar-refractivity contribution in [1.82, 2.24) is 30.0 Å². The van der Waals surface area contributed by atoms with Gasteiger partial charge in [0.2, 0.25) is 0 Å². The summed E-state index contributed by atoms with van der Waals surface area (Å²) in [6, 6.07) is 4.73. The number of pyridine rings is 1. The van der Waals surface area contributed by atoms with Crippen LogP contribution in [0.25, 0.3) is 33.1 Å². The zero-order valence-corrected chi connectivity index (χ0v) is 22.3. The lowest BCUT2D eigenvalue weighted by molar-refractivity contribution is 0.108. The molecule has 0 unspecified atom stereocenters. The smallest absolute Gasteiger partial charge is 0.319 e. The van der Waals surface area contributed by atoms with Crippen molar-refractivity contribution in [3.05, 3.63) is 47.8 Å².